The van der Waals surface area contributed by atoms with E-state index in [0.717, 1.165) is 5.56 Å². The number of ketones is 1. The summed E-state index contributed by atoms with van der Waals surface area (Å²) in [4.78, 5) is 11.1. The SMILES string of the molecule is C=C(c1ccc(C(C)=O)cc1)C(C)(C)O. The second-order valence-corrected chi connectivity index (χ2v) is 4.17. The number of hydrogen-bond donors (Lipinski definition) is 1. The van der Waals surface area contributed by atoms with Crippen molar-refractivity contribution in [2.75, 3.05) is 0 Å². The van der Waals surface area contributed by atoms with Crippen molar-refractivity contribution in [2.45, 2.75) is 26.4 Å². The lowest BCUT2D eigenvalue weighted by molar-refractivity contribution is 0.101. The zero-order chi connectivity index (χ0) is 11.6. The zero-order valence-corrected chi connectivity index (χ0v) is 9.37. The molecular weight excluding hydrogens is 188 g/mol. The Labute approximate surface area is 90.3 Å². The zero-order valence-electron chi connectivity index (χ0n) is 9.37. The molecule has 0 aliphatic heterocycles. The maximum absolute atomic E-state index is 11.1. The first-order valence-electron chi connectivity index (χ1n) is 4.85. The van der Waals surface area contributed by atoms with E-state index in [1.807, 2.05) is 0 Å². The molecule has 0 aliphatic carbocycles. The summed E-state index contributed by atoms with van der Waals surface area (Å²) in [6, 6.07) is 7.09. The van der Waals surface area contributed by atoms with Crippen molar-refractivity contribution in [3.05, 3.63) is 42.0 Å². The van der Waals surface area contributed by atoms with Crippen molar-refractivity contribution in [1.29, 1.82) is 0 Å². The Hall–Kier alpha value is -1.41. The van der Waals surface area contributed by atoms with Gasteiger partial charge in [0.05, 0.1) is 5.60 Å². The molecule has 0 spiro atoms. The Morgan fingerprint density at radius 2 is 1.60 bits per heavy atom. The van der Waals surface area contributed by atoms with E-state index in [1.165, 1.54) is 6.92 Å². The van der Waals surface area contributed by atoms with Crippen molar-refractivity contribution in [2.24, 2.45) is 0 Å². The standard InChI is InChI=1S/C13H16O2/c1-9(13(3,4)15)11-5-7-12(8-6-11)10(2)14/h5-8,15H,1H2,2-4H3. The molecule has 2 heteroatoms. The van der Waals surface area contributed by atoms with Crippen molar-refractivity contribution in [3.8, 4) is 0 Å². The molecule has 0 unspecified atom stereocenters. The van der Waals surface area contributed by atoms with Crippen molar-refractivity contribution in [3.63, 3.8) is 0 Å². The lowest BCUT2D eigenvalue weighted by Gasteiger charge is -2.20. The lowest BCUT2D eigenvalue weighted by Crippen LogP contribution is -2.19. The molecule has 0 radical (unpaired) electrons. The number of rotatable bonds is 3. The minimum absolute atomic E-state index is 0.0374. The van der Waals surface area contributed by atoms with Crippen LogP contribution in [0.4, 0.5) is 0 Å². The molecule has 0 aliphatic rings. The van der Waals surface area contributed by atoms with E-state index in [-0.39, 0.29) is 5.78 Å². The normalized spacial score (nSPS) is 11.2. The fraction of sp³-hybridized carbons (Fsp3) is 0.308. The number of carbonyl (C=O) groups is 1. The highest BCUT2D eigenvalue weighted by Crippen LogP contribution is 2.24. The van der Waals surface area contributed by atoms with E-state index < -0.39 is 5.60 Å². The smallest absolute Gasteiger partial charge is 0.159 e. The van der Waals surface area contributed by atoms with Gasteiger partial charge in [0.2, 0.25) is 0 Å². The lowest BCUT2D eigenvalue weighted by atomic mass is 9.92. The number of carbonyl (C=O) groups excluding carboxylic acids is 1. The Morgan fingerprint density at radius 1 is 1.20 bits per heavy atom. The van der Waals surface area contributed by atoms with Crippen LogP contribution in [0.25, 0.3) is 5.57 Å². The Bertz CT molecular complexity index is 380. The first-order chi connectivity index (χ1) is 6.82. The Morgan fingerprint density at radius 3 is 1.93 bits per heavy atom. The number of Topliss-reactive ketones (excluding diaryl/α,β-unsaturated/α-hetero) is 1. The van der Waals surface area contributed by atoms with Gasteiger partial charge >= 0.3 is 0 Å². The maximum atomic E-state index is 11.1. The van der Waals surface area contributed by atoms with Gasteiger partial charge in [-0.1, -0.05) is 30.8 Å². The topological polar surface area (TPSA) is 37.3 Å². The van der Waals surface area contributed by atoms with Crippen molar-refractivity contribution < 1.29 is 9.90 Å². The molecule has 2 nitrogen and oxygen atoms in total. The van der Waals surface area contributed by atoms with Gasteiger partial charge in [-0.15, -0.1) is 0 Å². The van der Waals surface area contributed by atoms with Gasteiger partial charge < -0.3 is 5.11 Å². The predicted octanol–water partition coefficient (Wildman–Crippen LogP) is 2.67. The van der Waals surface area contributed by atoms with Crippen LogP contribution in [0.3, 0.4) is 0 Å². The molecule has 0 heterocycles. The Balaban J connectivity index is 3.00. The van der Waals surface area contributed by atoms with E-state index in [2.05, 4.69) is 6.58 Å². The maximum Gasteiger partial charge on any atom is 0.159 e. The van der Waals surface area contributed by atoms with Gasteiger partial charge in [0.25, 0.3) is 0 Å². The highest BCUT2D eigenvalue weighted by Gasteiger charge is 2.18. The molecule has 1 N–H and O–H groups in total. The molecule has 0 bridgehead atoms. The molecule has 0 atom stereocenters. The average molecular weight is 204 g/mol. The van der Waals surface area contributed by atoms with Crippen molar-refractivity contribution >= 4 is 11.4 Å². The van der Waals surface area contributed by atoms with Gasteiger partial charge in [-0.2, -0.15) is 0 Å². The quantitative estimate of drug-likeness (QED) is 0.768. The molecule has 0 saturated heterocycles. The highest BCUT2D eigenvalue weighted by atomic mass is 16.3. The summed E-state index contributed by atoms with van der Waals surface area (Å²) in [6.07, 6.45) is 0. The number of benzene rings is 1. The second-order valence-electron chi connectivity index (χ2n) is 4.17. The third-order valence-corrected chi connectivity index (χ3v) is 2.38. The fourth-order valence-corrected chi connectivity index (χ4v) is 1.26. The van der Waals surface area contributed by atoms with E-state index >= 15 is 0 Å². The molecule has 80 valence electrons. The molecule has 1 rings (SSSR count). The molecule has 0 fully saturated rings. The number of aliphatic hydroxyl groups is 1. The van der Waals surface area contributed by atoms with Crippen LogP contribution in [0.15, 0.2) is 30.8 Å². The molecule has 0 aromatic heterocycles. The molecule has 15 heavy (non-hydrogen) atoms. The van der Waals surface area contributed by atoms with Crippen LogP contribution in [0.1, 0.15) is 36.7 Å². The van der Waals surface area contributed by atoms with Crippen LogP contribution in [0.2, 0.25) is 0 Å². The van der Waals surface area contributed by atoms with Gasteiger partial charge in [-0.3, -0.25) is 4.79 Å². The largest absolute Gasteiger partial charge is 0.386 e. The molecule has 1 aromatic carbocycles. The van der Waals surface area contributed by atoms with E-state index in [0.29, 0.717) is 11.1 Å². The van der Waals surface area contributed by atoms with Crippen LogP contribution >= 0.6 is 0 Å². The van der Waals surface area contributed by atoms with Crippen LogP contribution in [0, 0.1) is 0 Å². The predicted molar refractivity (Wildman–Crippen MR) is 61.8 cm³/mol. The molecule has 0 amide bonds. The van der Waals surface area contributed by atoms with E-state index in [9.17, 15) is 9.90 Å². The summed E-state index contributed by atoms with van der Waals surface area (Å²) in [5.74, 6) is 0.0374. The minimum atomic E-state index is -0.933. The van der Waals surface area contributed by atoms with Crippen LogP contribution in [-0.2, 0) is 0 Å². The molecular formula is C13H16O2. The summed E-state index contributed by atoms with van der Waals surface area (Å²) in [5.41, 5.74) is 1.24. The monoisotopic (exact) mass is 204 g/mol. The van der Waals surface area contributed by atoms with Gasteiger partial charge in [0, 0.05) is 5.56 Å². The third-order valence-electron chi connectivity index (χ3n) is 2.38. The third kappa shape index (κ3) is 2.77. The van der Waals surface area contributed by atoms with Gasteiger partial charge in [0.15, 0.2) is 5.78 Å². The summed E-state index contributed by atoms with van der Waals surface area (Å²) in [7, 11) is 0. The van der Waals surface area contributed by atoms with Gasteiger partial charge in [-0.25, -0.2) is 0 Å². The highest BCUT2D eigenvalue weighted by molar-refractivity contribution is 5.94. The first-order valence-corrected chi connectivity index (χ1v) is 4.85. The minimum Gasteiger partial charge on any atom is -0.386 e. The number of hydrogen-bond acceptors (Lipinski definition) is 2. The average Bonchev–Trinajstić information content (AvgIpc) is 2.15. The summed E-state index contributed by atoms with van der Waals surface area (Å²) >= 11 is 0. The van der Waals surface area contributed by atoms with Crippen LogP contribution in [-0.4, -0.2) is 16.5 Å². The van der Waals surface area contributed by atoms with Crippen LogP contribution in [0.5, 0.6) is 0 Å². The van der Waals surface area contributed by atoms with Gasteiger partial charge in [-0.05, 0) is 31.9 Å². The first kappa shape index (κ1) is 11.7. The second kappa shape index (κ2) is 3.99. The van der Waals surface area contributed by atoms with Gasteiger partial charge in [0.1, 0.15) is 0 Å². The van der Waals surface area contributed by atoms with Crippen molar-refractivity contribution in [1.82, 2.24) is 0 Å². The summed E-state index contributed by atoms with van der Waals surface area (Å²) in [5, 5.41) is 9.75. The summed E-state index contributed by atoms with van der Waals surface area (Å²) < 4.78 is 0. The van der Waals surface area contributed by atoms with Crippen LogP contribution < -0.4 is 0 Å². The molecule has 0 saturated carbocycles. The Kier molecular flexibility index (Phi) is 3.10. The summed E-state index contributed by atoms with van der Waals surface area (Å²) in [6.45, 7) is 8.74. The fourth-order valence-electron chi connectivity index (χ4n) is 1.26. The molecule has 1 aromatic rings. The van der Waals surface area contributed by atoms with E-state index in [4.69, 9.17) is 0 Å². The van der Waals surface area contributed by atoms with E-state index in [1.54, 1.807) is 38.1 Å².